The molecular formula is C11H18N2. The lowest BCUT2D eigenvalue weighted by Crippen LogP contribution is -2.34. The van der Waals surface area contributed by atoms with Gasteiger partial charge in [-0.2, -0.15) is 0 Å². The molecule has 1 aliphatic heterocycles. The summed E-state index contributed by atoms with van der Waals surface area (Å²) in [7, 11) is 2.22. The van der Waals surface area contributed by atoms with E-state index >= 15 is 0 Å². The van der Waals surface area contributed by atoms with Crippen molar-refractivity contribution in [3.05, 3.63) is 23.5 Å². The van der Waals surface area contributed by atoms with Crippen LogP contribution in [0.3, 0.4) is 0 Å². The monoisotopic (exact) mass is 178 g/mol. The van der Waals surface area contributed by atoms with Crippen LogP contribution < -0.4 is 0 Å². The van der Waals surface area contributed by atoms with Gasteiger partial charge >= 0.3 is 0 Å². The number of fused-ring (bicyclic) bond motifs is 1. The zero-order valence-electron chi connectivity index (χ0n) is 8.67. The van der Waals surface area contributed by atoms with Gasteiger partial charge in [0.05, 0.1) is 0 Å². The molecule has 1 unspecified atom stereocenters. The number of aromatic nitrogens is 1. The second kappa shape index (κ2) is 3.18. The highest BCUT2D eigenvalue weighted by molar-refractivity contribution is 5.27. The van der Waals surface area contributed by atoms with Crippen LogP contribution in [0, 0.1) is 5.92 Å². The summed E-state index contributed by atoms with van der Waals surface area (Å²) in [6.07, 6.45) is 3.24. The van der Waals surface area contributed by atoms with Gasteiger partial charge in [-0.1, -0.05) is 13.8 Å². The van der Waals surface area contributed by atoms with Gasteiger partial charge in [-0.15, -0.1) is 0 Å². The third-order valence-corrected chi connectivity index (χ3v) is 3.01. The number of hydrogen-bond acceptors (Lipinski definition) is 1. The SMILES string of the molecule is CC(C)C1c2cc[nH]c2CCN1C. The number of rotatable bonds is 1. The van der Waals surface area contributed by atoms with E-state index < -0.39 is 0 Å². The average molecular weight is 178 g/mol. The van der Waals surface area contributed by atoms with Gasteiger partial charge in [0, 0.05) is 30.9 Å². The molecule has 0 bridgehead atoms. The molecule has 72 valence electrons. The number of aromatic amines is 1. The highest BCUT2D eigenvalue weighted by atomic mass is 15.1. The van der Waals surface area contributed by atoms with Crippen molar-refractivity contribution in [2.75, 3.05) is 13.6 Å². The van der Waals surface area contributed by atoms with Gasteiger partial charge < -0.3 is 4.98 Å². The predicted octanol–water partition coefficient (Wildman–Crippen LogP) is 2.20. The molecule has 1 N–H and O–H groups in total. The zero-order chi connectivity index (χ0) is 9.42. The summed E-state index contributed by atoms with van der Waals surface area (Å²) in [5.74, 6) is 0.694. The first-order chi connectivity index (χ1) is 6.20. The first kappa shape index (κ1) is 8.82. The van der Waals surface area contributed by atoms with Gasteiger partial charge in [0.25, 0.3) is 0 Å². The maximum atomic E-state index is 3.34. The predicted molar refractivity (Wildman–Crippen MR) is 54.7 cm³/mol. The molecule has 0 radical (unpaired) electrons. The molecule has 0 amide bonds. The Kier molecular flexibility index (Phi) is 2.16. The maximum Gasteiger partial charge on any atom is 0.0385 e. The second-order valence-corrected chi connectivity index (χ2v) is 4.33. The summed E-state index contributed by atoms with van der Waals surface area (Å²) in [5, 5.41) is 0. The van der Waals surface area contributed by atoms with E-state index in [2.05, 4.69) is 43.0 Å². The number of hydrogen-bond donors (Lipinski definition) is 1. The Bertz CT molecular complexity index is 288. The largest absolute Gasteiger partial charge is 0.365 e. The lowest BCUT2D eigenvalue weighted by atomic mass is 9.91. The Morgan fingerprint density at radius 2 is 2.31 bits per heavy atom. The lowest BCUT2D eigenvalue weighted by molar-refractivity contribution is 0.181. The maximum absolute atomic E-state index is 3.34. The Morgan fingerprint density at radius 1 is 1.54 bits per heavy atom. The molecule has 0 aliphatic carbocycles. The van der Waals surface area contributed by atoms with Gasteiger partial charge in [-0.05, 0) is 24.6 Å². The van der Waals surface area contributed by atoms with E-state index in [1.54, 1.807) is 0 Å². The second-order valence-electron chi connectivity index (χ2n) is 4.33. The van der Waals surface area contributed by atoms with Crippen molar-refractivity contribution in [3.63, 3.8) is 0 Å². The van der Waals surface area contributed by atoms with Crippen LogP contribution in [-0.4, -0.2) is 23.5 Å². The van der Waals surface area contributed by atoms with Crippen LogP contribution in [0.25, 0.3) is 0 Å². The number of nitrogens with one attached hydrogen (secondary N) is 1. The first-order valence-electron chi connectivity index (χ1n) is 5.06. The summed E-state index contributed by atoms with van der Waals surface area (Å²) in [6.45, 7) is 5.77. The van der Waals surface area contributed by atoms with E-state index in [9.17, 15) is 0 Å². The highest BCUT2D eigenvalue weighted by Gasteiger charge is 2.27. The molecule has 1 aromatic rings. The average Bonchev–Trinajstić information content (AvgIpc) is 2.50. The molecule has 0 fully saturated rings. The molecule has 0 aromatic carbocycles. The van der Waals surface area contributed by atoms with Gasteiger partial charge in [-0.3, -0.25) is 4.90 Å². The van der Waals surface area contributed by atoms with E-state index in [0.717, 1.165) is 0 Å². The molecule has 2 heteroatoms. The van der Waals surface area contributed by atoms with E-state index in [4.69, 9.17) is 0 Å². The summed E-state index contributed by atoms with van der Waals surface area (Å²) < 4.78 is 0. The highest BCUT2D eigenvalue weighted by Crippen LogP contribution is 2.33. The van der Waals surface area contributed by atoms with Crippen molar-refractivity contribution in [2.24, 2.45) is 5.92 Å². The van der Waals surface area contributed by atoms with E-state index in [0.29, 0.717) is 12.0 Å². The third-order valence-electron chi connectivity index (χ3n) is 3.01. The molecule has 1 aliphatic rings. The fourth-order valence-electron chi connectivity index (χ4n) is 2.44. The molecule has 0 saturated heterocycles. The minimum atomic E-state index is 0.606. The Hall–Kier alpha value is -0.760. The molecule has 1 atom stereocenters. The Morgan fingerprint density at radius 3 is 3.00 bits per heavy atom. The van der Waals surface area contributed by atoms with Gasteiger partial charge in [0.2, 0.25) is 0 Å². The zero-order valence-corrected chi connectivity index (χ0v) is 8.67. The van der Waals surface area contributed by atoms with Crippen LogP contribution in [0.2, 0.25) is 0 Å². The van der Waals surface area contributed by atoms with Gasteiger partial charge in [0.1, 0.15) is 0 Å². The number of likely N-dealkylation sites (N-methyl/N-ethyl adjacent to an activating group) is 1. The molecule has 2 heterocycles. The quantitative estimate of drug-likeness (QED) is 0.698. The van der Waals surface area contributed by atoms with Gasteiger partial charge in [-0.25, -0.2) is 0 Å². The molecule has 13 heavy (non-hydrogen) atoms. The molecule has 0 saturated carbocycles. The fourth-order valence-corrected chi connectivity index (χ4v) is 2.44. The standard InChI is InChI=1S/C11H18N2/c1-8(2)11-9-4-6-12-10(9)5-7-13(11)3/h4,6,8,11-12H,5,7H2,1-3H3. The first-order valence-corrected chi connectivity index (χ1v) is 5.06. The summed E-state index contributed by atoms with van der Waals surface area (Å²) in [4.78, 5) is 5.80. The Labute approximate surface area is 79.9 Å². The normalized spacial score (nSPS) is 23.5. The molecular weight excluding hydrogens is 160 g/mol. The summed E-state index contributed by atoms with van der Waals surface area (Å²) in [6, 6.07) is 2.84. The van der Waals surface area contributed by atoms with Crippen LogP contribution in [0.1, 0.15) is 31.1 Å². The van der Waals surface area contributed by atoms with E-state index in [1.807, 2.05) is 0 Å². The van der Waals surface area contributed by atoms with Crippen LogP contribution in [0.5, 0.6) is 0 Å². The minimum Gasteiger partial charge on any atom is -0.365 e. The van der Waals surface area contributed by atoms with Crippen molar-refractivity contribution in [3.8, 4) is 0 Å². The molecule has 2 rings (SSSR count). The van der Waals surface area contributed by atoms with Crippen molar-refractivity contribution < 1.29 is 0 Å². The number of nitrogens with zero attached hydrogens (tertiary/aromatic N) is 1. The van der Waals surface area contributed by atoms with Crippen LogP contribution in [0.4, 0.5) is 0 Å². The van der Waals surface area contributed by atoms with E-state index in [1.165, 1.54) is 24.2 Å². The smallest absolute Gasteiger partial charge is 0.0385 e. The van der Waals surface area contributed by atoms with Crippen LogP contribution in [0.15, 0.2) is 12.3 Å². The van der Waals surface area contributed by atoms with E-state index in [-0.39, 0.29) is 0 Å². The lowest BCUT2D eigenvalue weighted by Gasteiger charge is -2.35. The van der Waals surface area contributed by atoms with Crippen molar-refractivity contribution in [1.29, 1.82) is 0 Å². The number of H-pyrrole nitrogens is 1. The van der Waals surface area contributed by atoms with Gasteiger partial charge in [0.15, 0.2) is 0 Å². The fraction of sp³-hybridized carbons (Fsp3) is 0.636. The van der Waals surface area contributed by atoms with Crippen molar-refractivity contribution >= 4 is 0 Å². The topological polar surface area (TPSA) is 19.0 Å². The Balaban J connectivity index is 2.36. The van der Waals surface area contributed by atoms with Crippen molar-refractivity contribution in [1.82, 2.24) is 9.88 Å². The van der Waals surface area contributed by atoms with Crippen LogP contribution >= 0.6 is 0 Å². The molecule has 0 spiro atoms. The minimum absolute atomic E-state index is 0.606. The van der Waals surface area contributed by atoms with Crippen molar-refractivity contribution in [2.45, 2.75) is 26.3 Å². The third kappa shape index (κ3) is 1.39. The summed E-state index contributed by atoms with van der Waals surface area (Å²) in [5.41, 5.74) is 2.94. The molecule has 2 nitrogen and oxygen atoms in total. The summed E-state index contributed by atoms with van der Waals surface area (Å²) >= 11 is 0. The molecule has 1 aromatic heterocycles. The van der Waals surface area contributed by atoms with Crippen LogP contribution in [-0.2, 0) is 6.42 Å².